The van der Waals surface area contributed by atoms with Crippen LogP contribution in [0.4, 0.5) is 4.39 Å². The third kappa shape index (κ3) is 3.82. The Morgan fingerprint density at radius 2 is 1.73 bits per heavy atom. The maximum absolute atomic E-state index is 13.4. The molecule has 3 rings (SSSR count). The van der Waals surface area contributed by atoms with Gasteiger partial charge in [0.2, 0.25) is 10.0 Å². The summed E-state index contributed by atoms with van der Waals surface area (Å²) < 4.78 is 41.6. The van der Waals surface area contributed by atoms with Crippen molar-refractivity contribution in [1.29, 1.82) is 0 Å². The van der Waals surface area contributed by atoms with Gasteiger partial charge in [0.15, 0.2) is 0 Å². The van der Waals surface area contributed by atoms with Gasteiger partial charge in [0.25, 0.3) is 0 Å². The van der Waals surface area contributed by atoms with Crippen LogP contribution >= 0.6 is 0 Å². The van der Waals surface area contributed by atoms with E-state index in [1.807, 2.05) is 6.92 Å². The lowest BCUT2D eigenvalue weighted by molar-refractivity contribution is 0.253. The third-order valence-electron chi connectivity index (χ3n) is 4.99. The van der Waals surface area contributed by atoms with Gasteiger partial charge in [-0.2, -0.15) is 4.31 Å². The highest BCUT2D eigenvalue weighted by Gasteiger charge is 2.42. The van der Waals surface area contributed by atoms with Crippen LogP contribution in [0.1, 0.15) is 42.9 Å². The Kier molecular flexibility index (Phi) is 5.75. The summed E-state index contributed by atoms with van der Waals surface area (Å²) in [5.74, 6) is -0.337. The van der Waals surface area contributed by atoms with Gasteiger partial charge in [0, 0.05) is 12.6 Å². The summed E-state index contributed by atoms with van der Waals surface area (Å²) in [4.78, 5) is 0.270. The van der Waals surface area contributed by atoms with Gasteiger partial charge in [0.1, 0.15) is 5.82 Å². The summed E-state index contributed by atoms with van der Waals surface area (Å²) in [7, 11) is -3.68. The van der Waals surface area contributed by atoms with Crippen LogP contribution in [0, 0.1) is 12.7 Å². The molecule has 2 aromatic rings. The Bertz CT molecular complexity index is 834. The van der Waals surface area contributed by atoms with E-state index in [1.54, 1.807) is 40.7 Å². The Balaban J connectivity index is 2.00. The molecule has 6 heteroatoms. The first-order chi connectivity index (χ1) is 12.4. The molecule has 1 aliphatic heterocycles. The lowest BCUT2D eigenvalue weighted by Gasteiger charge is -2.30. The lowest BCUT2D eigenvalue weighted by atomic mass is 10.1. The molecule has 1 aliphatic rings. The molecule has 2 atom stereocenters. The highest BCUT2D eigenvalue weighted by atomic mass is 32.2. The molecule has 0 amide bonds. The van der Waals surface area contributed by atoms with E-state index in [2.05, 4.69) is 0 Å². The minimum absolute atomic E-state index is 0.0378. The second kappa shape index (κ2) is 7.86. The van der Waals surface area contributed by atoms with Crippen molar-refractivity contribution in [3.63, 3.8) is 0 Å². The Morgan fingerprint density at radius 1 is 1.08 bits per heavy atom. The van der Waals surface area contributed by atoms with Gasteiger partial charge in [-0.3, -0.25) is 0 Å². The van der Waals surface area contributed by atoms with Crippen molar-refractivity contribution < 1.29 is 17.9 Å². The number of benzene rings is 2. The molecular formula is C20H24FNO3S. The fourth-order valence-corrected chi connectivity index (χ4v) is 5.54. The molecule has 1 N–H and O–H groups in total. The summed E-state index contributed by atoms with van der Waals surface area (Å²) >= 11 is 0. The summed E-state index contributed by atoms with van der Waals surface area (Å²) in [6.07, 6.45) is 2.58. The number of aryl methyl sites for hydroxylation is 1. The number of rotatable bonds is 6. The lowest BCUT2D eigenvalue weighted by Crippen LogP contribution is -2.37. The predicted molar refractivity (Wildman–Crippen MR) is 98.7 cm³/mol. The van der Waals surface area contributed by atoms with Crippen molar-refractivity contribution in [2.24, 2.45) is 0 Å². The summed E-state index contributed by atoms with van der Waals surface area (Å²) in [6.45, 7) is 1.95. The molecule has 140 valence electrons. The summed E-state index contributed by atoms with van der Waals surface area (Å²) in [6, 6.07) is 12.4. The fourth-order valence-electron chi connectivity index (χ4n) is 3.65. The first kappa shape index (κ1) is 19.0. The average Bonchev–Trinajstić information content (AvgIpc) is 3.05. The standard InChI is InChI=1S/C20H24FNO3S/c1-15-4-11-19(12-5-15)26(24,25)22-18(3-2-14-23)10-13-20(22)16-6-8-17(21)9-7-16/h4-9,11-12,18,20,23H,2-3,10,13-14H2,1H3/t18-,20+/m1/s1. The van der Waals surface area contributed by atoms with E-state index >= 15 is 0 Å². The quantitative estimate of drug-likeness (QED) is 0.833. The van der Waals surface area contributed by atoms with Crippen LogP contribution < -0.4 is 0 Å². The normalized spacial score (nSPS) is 21.2. The van der Waals surface area contributed by atoms with E-state index in [1.165, 1.54) is 12.1 Å². The van der Waals surface area contributed by atoms with Gasteiger partial charge < -0.3 is 5.11 Å². The van der Waals surface area contributed by atoms with Crippen molar-refractivity contribution in [3.8, 4) is 0 Å². The minimum atomic E-state index is -3.68. The molecule has 0 aromatic heterocycles. The van der Waals surface area contributed by atoms with Crippen LogP contribution in [0.25, 0.3) is 0 Å². The Labute approximate surface area is 154 Å². The third-order valence-corrected chi connectivity index (χ3v) is 6.96. The van der Waals surface area contributed by atoms with E-state index in [0.29, 0.717) is 19.3 Å². The van der Waals surface area contributed by atoms with Crippen LogP contribution in [0.15, 0.2) is 53.4 Å². The maximum atomic E-state index is 13.4. The van der Waals surface area contributed by atoms with Gasteiger partial charge in [-0.25, -0.2) is 12.8 Å². The zero-order chi connectivity index (χ0) is 18.7. The number of sulfonamides is 1. The number of aliphatic hydroxyl groups excluding tert-OH is 1. The molecule has 26 heavy (non-hydrogen) atoms. The fraction of sp³-hybridized carbons (Fsp3) is 0.400. The number of aliphatic hydroxyl groups is 1. The topological polar surface area (TPSA) is 57.6 Å². The Morgan fingerprint density at radius 3 is 2.35 bits per heavy atom. The van der Waals surface area contributed by atoms with E-state index in [9.17, 15) is 12.8 Å². The molecule has 0 radical (unpaired) electrons. The van der Waals surface area contributed by atoms with Gasteiger partial charge in [-0.15, -0.1) is 0 Å². The SMILES string of the molecule is Cc1ccc(S(=O)(=O)N2[C@H](CCCO)CC[C@H]2c2ccc(F)cc2)cc1. The van der Waals surface area contributed by atoms with Gasteiger partial charge in [-0.05, 0) is 62.4 Å². The molecule has 0 bridgehead atoms. The highest BCUT2D eigenvalue weighted by molar-refractivity contribution is 7.89. The van der Waals surface area contributed by atoms with Crippen LogP contribution in [0.2, 0.25) is 0 Å². The predicted octanol–water partition coefficient (Wildman–Crippen LogP) is 3.80. The van der Waals surface area contributed by atoms with Crippen molar-refractivity contribution in [2.75, 3.05) is 6.61 Å². The largest absolute Gasteiger partial charge is 0.396 e. The second-order valence-corrected chi connectivity index (χ2v) is 8.66. The van der Waals surface area contributed by atoms with Gasteiger partial charge in [0.05, 0.1) is 10.9 Å². The van der Waals surface area contributed by atoms with Crippen molar-refractivity contribution in [2.45, 2.75) is 49.6 Å². The van der Waals surface area contributed by atoms with Crippen molar-refractivity contribution in [3.05, 3.63) is 65.5 Å². The number of nitrogens with zero attached hydrogens (tertiary/aromatic N) is 1. The van der Waals surface area contributed by atoms with Crippen LogP contribution in [-0.4, -0.2) is 30.5 Å². The van der Waals surface area contributed by atoms with Crippen molar-refractivity contribution >= 4 is 10.0 Å². The summed E-state index contributed by atoms with van der Waals surface area (Å²) in [5, 5.41) is 9.17. The zero-order valence-electron chi connectivity index (χ0n) is 14.8. The molecule has 2 aromatic carbocycles. The summed E-state index contributed by atoms with van der Waals surface area (Å²) in [5.41, 5.74) is 1.80. The van der Waals surface area contributed by atoms with Gasteiger partial charge >= 0.3 is 0 Å². The van der Waals surface area contributed by atoms with E-state index in [-0.39, 0.29) is 29.4 Å². The first-order valence-corrected chi connectivity index (χ1v) is 10.3. The van der Waals surface area contributed by atoms with Gasteiger partial charge in [-0.1, -0.05) is 29.8 Å². The Hall–Kier alpha value is -1.76. The molecular weight excluding hydrogens is 353 g/mol. The molecule has 0 saturated carbocycles. The zero-order valence-corrected chi connectivity index (χ0v) is 15.6. The van der Waals surface area contributed by atoms with E-state index in [0.717, 1.165) is 17.5 Å². The van der Waals surface area contributed by atoms with E-state index in [4.69, 9.17) is 5.11 Å². The first-order valence-electron chi connectivity index (χ1n) is 8.90. The monoisotopic (exact) mass is 377 g/mol. The van der Waals surface area contributed by atoms with Crippen LogP contribution in [0.3, 0.4) is 0 Å². The smallest absolute Gasteiger partial charge is 0.243 e. The molecule has 0 unspecified atom stereocenters. The second-order valence-electron chi connectivity index (χ2n) is 6.81. The van der Waals surface area contributed by atoms with Crippen LogP contribution in [-0.2, 0) is 10.0 Å². The number of hydrogen-bond acceptors (Lipinski definition) is 3. The molecule has 0 aliphatic carbocycles. The molecule has 4 nitrogen and oxygen atoms in total. The van der Waals surface area contributed by atoms with Crippen molar-refractivity contribution in [1.82, 2.24) is 4.31 Å². The maximum Gasteiger partial charge on any atom is 0.243 e. The number of hydrogen-bond donors (Lipinski definition) is 1. The van der Waals surface area contributed by atoms with Crippen LogP contribution in [0.5, 0.6) is 0 Å². The minimum Gasteiger partial charge on any atom is -0.396 e. The van der Waals surface area contributed by atoms with E-state index < -0.39 is 10.0 Å². The average molecular weight is 377 g/mol. The molecule has 0 spiro atoms. The number of halogens is 1. The highest BCUT2D eigenvalue weighted by Crippen LogP contribution is 2.41. The molecule has 1 heterocycles. The molecule has 1 fully saturated rings. The molecule has 1 saturated heterocycles.